The van der Waals surface area contributed by atoms with Gasteiger partial charge in [0.1, 0.15) is 0 Å². The number of rotatable bonds is 10. The van der Waals surface area contributed by atoms with Gasteiger partial charge in [-0.1, -0.05) is 51.4 Å². The standard InChI is InChI=1S/C12H30O4SSi2/c1-18(2,3)11-7-9-15-17(13,14)16-10-8-12-19(4,5)6/h7-12H2,1-6H3. The molecule has 0 fully saturated rings. The first kappa shape index (κ1) is 19.3. The molecule has 7 heteroatoms. The van der Waals surface area contributed by atoms with E-state index in [4.69, 9.17) is 8.37 Å². The maximum absolute atomic E-state index is 11.5. The molecular formula is C12H30O4SSi2. The van der Waals surface area contributed by atoms with E-state index in [1.807, 2.05) is 0 Å². The molecule has 0 N–H and O–H groups in total. The first-order valence-electron chi connectivity index (χ1n) is 6.95. The molecule has 0 aromatic heterocycles. The summed E-state index contributed by atoms with van der Waals surface area (Å²) in [7, 11) is -6.02. The molecule has 0 bridgehead atoms. The lowest BCUT2D eigenvalue weighted by molar-refractivity contribution is 0.214. The van der Waals surface area contributed by atoms with Crippen molar-refractivity contribution in [3.8, 4) is 0 Å². The largest absolute Gasteiger partial charge is 0.399 e. The third-order valence-corrected chi connectivity index (χ3v) is 7.22. The second-order valence-corrected chi connectivity index (χ2v) is 19.9. The second kappa shape index (κ2) is 7.92. The summed E-state index contributed by atoms with van der Waals surface area (Å²) in [5.74, 6) is 0. The minimum Gasteiger partial charge on any atom is -0.248 e. The highest BCUT2D eigenvalue weighted by atomic mass is 32.3. The summed E-state index contributed by atoms with van der Waals surface area (Å²) in [4.78, 5) is 0. The van der Waals surface area contributed by atoms with E-state index in [0.717, 1.165) is 24.9 Å². The molecule has 0 aliphatic rings. The topological polar surface area (TPSA) is 52.6 Å². The molecule has 0 unspecified atom stereocenters. The van der Waals surface area contributed by atoms with E-state index in [1.54, 1.807) is 0 Å². The predicted octanol–water partition coefficient (Wildman–Crippen LogP) is 3.72. The lowest BCUT2D eigenvalue weighted by Gasteiger charge is -2.16. The number of hydrogen-bond donors (Lipinski definition) is 0. The Hall–Kier alpha value is 0.304. The molecule has 0 aliphatic carbocycles. The summed E-state index contributed by atoms with van der Waals surface area (Å²) in [6.45, 7) is 14.0. The first-order chi connectivity index (χ1) is 8.41. The smallest absolute Gasteiger partial charge is 0.248 e. The van der Waals surface area contributed by atoms with E-state index in [2.05, 4.69) is 39.3 Å². The van der Waals surface area contributed by atoms with Crippen LogP contribution in [0.2, 0.25) is 51.4 Å². The van der Waals surface area contributed by atoms with Gasteiger partial charge in [-0.3, -0.25) is 0 Å². The summed E-state index contributed by atoms with van der Waals surface area (Å²) < 4.78 is 32.6. The van der Waals surface area contributed by atoms with Gasteiger partial charge in [0.05, 0.1) is 13.2 Å². The third kappa shape index (κ3) is 14.5. The monoisotopic (exact) mass is 326 g/mol. The third-order valence-electron chi connectivity index (χ3n) is 2.60. The molecule has 0 spiro atoms. The summed E-state index contributed by atoms with van der Waals surface area (Å²) >= 11 is 0. The molecule has 0 radical (unpaired) electrons. The van der Waals surface area contributed by atoms with Gasteiger partial charge >= 0.3 is 10.4 Å². The lowest BCUT2D eigenvalue weighted by Crippen LogP contribution is -2.21. The van der Waals surface area contributed by atoms with Crippen molar-refractivity contribution < 1.29 is 16.8 Å². The number of hydrogen-bond acceptors (Lipinski definition) is 4. The molecule has 116 valence electrons. The summed E-state index contributed by atoms with van der Waals surface area (Å²) in [5.41, 5.74) is 0. The van der Waals surface area contributed by atoms with E-state index < -0.39 is 26.5 Å². The maximum atomic E-state index is 11.5. The Morgan fingerprint density at radius 2 is 1.05 bits per heavy atom. The molecule has 0 saturated heterocycles. The van der Waals surface area contributed by atoms with Gasteiger partial charge in [0.15, 0.2) is 0 Å². The van der Waals surface area contributed by atoms with Crippen LogP contribution in [0.5, 0.6) is 0 Å². The van der Waals surface area contributed by atoms with Gasteiger partial charge in [-0.2, -0.15) is 8.42 Å². The maximum Gasteiger partial charge on any atom is 0.399 e. The van der Waals surface area contributed by atoms with Crippen LogP contribution in [-0.4, -0.2) is 37.8 Å². The van der Waals surface area contributed by atoms with Crippen LogP contribution in [0.1, 0.15) is 12.8 Å². The Morgan fingerprint density at radius 1 is 0.737 bits per heavy atom. The van der Waals surface area contributed by atoms with Crippen molar-refractivity contribution in [3.63, 3.8) is 0 Å². The zero-order valence-electron chi connectivity index (χ0n) is 13.3. The summed E-state index contributed by atoms with van der Waals surface area (Å²) in [5, 5.41) is 0. The van der Waals surface area contributed by atoms with Gasteiger partial charge in [0.25, 0.3) is 0 Å². The fourth-order valence-electron chi connectivity index (χ4n) is 1.56. The van der Waals surface area contributed by atoms with Gasteiger partial charge in [-0.05, 0) is 12.8 Å². The molecule has 0 aromatic rings. The van der Waals surface area contributed by atoms with Crippen molar-refractivity contribution in [1.82, 2.24) is 0 Å². The molecule has 0 aromatic carbocycles. The fourth-order valence-corrected chi connectivity index (χ4v) is 4.68. The quantitative estimate of drug-likeness (QED) is 0.453. The Bertz CT molecular complexity index is 314. The van der Waals surface area contributed by atoms with E-state index in [1.165, 1.54) is 0 Å². The van der Waals surface area contributed by atoms with Gasteiger partial charge in [0.2, 0.25) is 0 Å². The van der Waals surface area contributed by atoms with Crippen molar-refractivity contribution in [2.45, 2.75) is 64.2 Å². The van der Waals surface area contributed by atoms with Crippen molar-refractivity contribution in [2.75, 3.05) is 13.2 Å². The minimum atomic E-state index is -3.79. The zero-order valence-corrected chi connectivity index (χ0v) is 16.1. The summed E-state index contributed by atoms with van der Waals surface area (Å²) in [6, 6.07) is 2.14. The fraction of sp³-hybridized carbons (Fsp3) is 1.00. The molecule has 0 saturated carbocycles. The van der Waals surface area contributed by atoms with E-state index in [-0.39, 0.29) is 13.2 Å². The Kier molecular flexibility index (Phi) is 8.05. The molecular weight excluding hydrogens is 296 g/mol. The first-order valence-corrected chi connectivity index (χ1v) is 15.7. The molecule has 0 rings (SSSR count). The Labute approximate surface area is 121 Å². The van der Waals surface area contributed by atoms with Crippen LogP contribution >= 0.6 is 0 Å². The van der Waals surface area contributed by atoms with Crippen LogP contribution in [0.15, 0.2) is 0 Å². The second-order valence-electron chi connectivity index (χ2n) is 7.38. The summed E-state index contributed by atoms with van der Waals surface area (Å²) in [6.07, 6.45) is 1.57. The van der Waals surface area contributed by atoms with Crippen molar-refractivity contribution in [3.05, 3.63) is 0 Å². The van der Waals surface area contributed by atoms with Crippen LogP contribution in [0.25, 0.3) is 0 Å². The normalized spacial score (nSPS) is 13.8. The van der Waals surface area contributed by atoms with Crippen molar-refractivity contribution in [2.24, 2.45) is 0 Å². The van der Waals surface area contributed by atoms with E-state index in [0.29, 0.717) is 0 Å². The van der Waals surface area contributed by atoms with Gasteiger partial charge in [-0.25, -0.2) is 8.37 Å². The highest BCUT2D eigenvalue weighted by Gasteiger charge is 2.16. The van der Waals surface area contributed by atoms with Gasteiger partial charge < -0.3 is 0 Å². The van der Waals surface area contributed by atoms with Gasteiger partial charge in [-0.15, -0.1) is 0 Å². The average Bonchev–Trinajstić information content (AvgIpc) is 2.17. The lowest BCUT2D eigenvalue weighted by atomic mass is 10.5. The van der Waals surface area contributed by atoms with Crippen molar-refractivity contribution >= 4 is 26.5 Å². The Balaban J connectivity index is 3.76. The predicted molar refractivity (Wildman–Crippen MR) is 86.4 cm³/mol. The van der Waals surface area contributed by atoms with Crippen LogP contribution in [0, 0.1) is 0 Å². The zero-order chi connectivity index (χ0) is 15.2. The molecule has 0 heterocycles. The Morgan fingerprint density at radius 3 is 1.32 bits per heavy atom. The van der Waals surface area contributed by atoms with Crippen LogP contribution in [0.4, 0.5) is 0 Å². The molecule has 0 aliphatic heterocycles. The van der Waals surface area contributed by atoms with E-state index >= 15 is 0 Å². The molecule has 19 heavy (non-hydrogen) atoms. The molecule has 0 amide bonds. The van der Waals surface area contributed by atoms with E-state index in [9.17, 15) is 8.42 Å². The highest BCUT2D eigenvalue weighted by Crippen LogP contribution is 2.13. The van der Waals surface area contributed by atoms with Crippen molar-refractivity contribution in [1.29, 1.82) is 0 Å². The minimum absolute atomic E-state index is 0.237. The molecule has 4 nitrogen and oxygen atoms in total. The average molecular weight is 327 g/mol. The SMILES string of the molecule is C[Si](C)(C)CCCOS(=O)(=O)OCCC[Si](C)(C)C. The van der Waals surface area contributed by atoms with Crippen LogP contribution < -0.4 is 0 Å². The van der Waals surface area contributed by atoms with Crippen LogP contribution in [0.3, 0.4) is 0 Å². The highest BCUT2D eigenvalue weighted by molar-refractivity contribution is 7.81. The van der Waals surface area contributed by atoms with Crippen LogP contribution in [-0.2, 0) is 18.8 Å². The van der Waals surface area contributed by atoms with Gasteiger partial charge in [0, 0.05) is 16.1 Å². The molecule has 0 atom stereocenters.